The molecule has 0 aromatic heterocycles. The van der Waals surface area contributed by atoms with Crippen molar-refractivity contribution in [1.29, 1.82) is 0 Å². The normalized spacial score (nSPS) is 30.5. The van der Waals surface area contributed by atoms with Crippen molar-refractivity contribution in [2.45, 2.75) is 44.8 Å². The molecule has 138 valence electrons. The Kier molecular flexibility index (Phi) is 4.14. The lowest BCUT2D eigenvalue weighted by atomic mass is 9.54. The fourth-order valence-electron chi connectivity index (χ4n) is 4.98. The van der Waals surface area contributed by atoms with Gasteiger partial charge in [0.15, 0.2) is 5.60 Å². The maximum absolute atomic E-state index is 12.9. The van der Waals surface area contributed by atoms with E-state index in [-0.39, 0.29) is 29.9 Å². The van der Waals surface area contributed by atoms with Gasteiger partial charge in [-0.05, 0) is 25.3 Å². The Morgan fingerprint density at radius 1 is 1.23 bits per heavy atom. The number of hydrogen-bond acceptors (Lipinski definition) is 5. The third-order valence-electron chi connectivity index (χ3n) is 5.94. The lowest BCUT2D eigenvalue weighted by Crippen LogP contribution is -2.50. The van der Waals surface area contributed by atoms with Crippen LogP contribution in [0.2, 0.25) is 0 Å². The van der Waals surface area contributed by atoms with Crippen LogP contribution in [0.25, 0.3) is 0 Å². The van der Waals surface area contributed by atoms with Gasteiger partial charge in [0.2, 0.25) is 0 Å². The molecule has 0 radical (unpaired) electrons. The third-order valence-corrected chi connectivity index (χ3v) is 5.94. The van der Waals surface area contributed by atoms with E-state index < -0.39 is 5.60 Å². The van der Waals surface area contributed by atoms with Gasteiger partial charge in [-0.3, -0.25) is 0 Å². The van der Waals surface area contributed by atoms with Crippen LogP contribution in [0.1, 0.15) is 50.3 Å². The Balaban J connectivity index is 1.84. The summed E-state index contributed by atoms with van der Waals surface area (Å²) in [6.07, 6.45) is 2.47. The highest BCUT2D eigenvalue weighted by atomic mass is 16.6. The zero-order valence-electron chi connectivity index (χ0n) is 15.4. The molecule has 3 aliphatic rings. The van der Waals surface area contributed by atoms with Crippen LogP contribution < -0.4 is 0 Å². The molecular formula is C21H24O5. The molecule has 4 rings (SSSR count). The molecule has 1 fully saturated rings. The molecule has 0 N–H and O–H groups in total. The monoisotopic (exact) mass is 356 g/mol. The molecule has 0 spiro atoms. The van der Waals surface area contributed by atoms with E-state index in [1.54, 1.807) is 0 Å². The Hall–Kier alpha value is -2.14. The topological polar surface area (TPSA) is 61.8 Å². The first-order valence-corrected chi connectivity index (χ1v) is 9.37. The van der Waals surface area contributed by atoms with Gasteiger partial charge in [-0.1, -0.05) is 43.2 Å². The van der Waals surface area contributed by atoms with Crippen LogP contribution in [-0.2, 0) is 29.4 Å². The summed E-state index contributed by atoms with van der Waals surface area (Å²) in [4.78, 5) is 25.5. The molecule has 2 heterocycles. The second kappa shape index (κ2) is 6.23. The van der Waals surface area contributed by atoms with Crippen molar-refractivity contribution in [1.82, 2.24) is 0 Å². The van der Waals surface area contributed by atoms with E-state index in [1.165, 1.54) is 7.11 Å². The number of carbonyl (C=O) groups excluding carboxylic acids is 2. The number of hydrogen-bond donors (Lipinski definition) is 0. The molecular weight excluding hydrogens is 332 g/mol. The summed E-state index contributed by atoms with van der Waals surface area (Å²) >= 11 is 0. The molecule has 0 amide bonds. The molecule has 2 aliphatic heterocycles. The van der Waals surface area contributed by atoms with Crippen LogP contribution in [0.4, 0.5) is 0 Å². The Bertz CT molecular complexity index is 795. The average Bonchev–Trinajstić information content (AvgIpc) is 3.11. The number of benzene rings is 1. The maximum Gasteiger partial charge on any atom is 0.343 e. The fraction of sp³-hybridized carbons (Fsp3) is 0.524. The number of fused-ring (bicyclic) bond motifs is 8. The molecule has 1 aromatic rings. The maximum atomic E-state index is 12.9. The van der Waals surface area contributed by atoms with Gasteiger partial charge in [-0.2, -0.15) is 0 Å². The highest BCUT2D eigenvalue weighted by Gasteiger charge is 2.73. The van der Waals surface area contributed by atoms with Crippen LogP contribution in [0, 0.1) is 11.8 Å². The minimum absolute atomic E-state index is 0.130. The number of carbonyl (C=O) groups is 2. The van der Waals surface area contributed by atoms with E-state index in [4.69, 9.17) is 14.2 Å². The van der Waals surface area contributed by atoms with Gasteiger partial charge in [0, 0.05) is 23.0 Å². The van der Waals surface area contributed by atoms with Crippen LogP contribution in [0.15, 0.2) is 35.4 Å². The molecule has 26 heavy (non-hydrogen) atoms. The zero-order chi connectivity index (χ0) is 18.5. The molecule has 4 unspecified atom stereocenters. The predicted octanol–water partition coefficient (Wildman–Crippen LogP) is 3.44. The summed E-state index contributed by atoms with van der Waals surface area (Å²) < 4.78 is 16.8. The molecule has 1 aromatic carbocycles. The zero-order valence-corrected chi connectivity index (χ0v) is 15.4. The van der Waals surface area contributed by atoms with Crippen LogP contribution in [0.5, 0.6) is 0 Å². The van der Waals surface area contributed by atoms with Gasteiger partial charge in [0.25, 0.3) is 0 Å². The predicted molar refractivity (Wildman–Crippen MR) is 94.1 cm³/mol. The van der Waals surface area contributed by atoms with E-state index in [0.29, 0.717) is 6.61 Å². The quantitative estimate of drug-likeness (QED) is 0.731. The van der Waals surface area contributed by atoms with E-state index in [0.717, 1.165) is 41.5 Å². The highest BCUT2D eigenvalue weighted by Crippen LogP contribution is 2.70. The van der Waals surface area contributed by atoms with Gasteiger partial charge >= 0.3 is 11.9 Å². The van der Waals surface area contributed by atoms with Crippen LogP contribution in [0.3, 0.4) is 0 Å². The van der Waals surface area contributed by atoms with Gasteiger partial charge in [0.05, 0.1) is 19.8 Å². The van der Waals surface area contributed by atoms with Gasteiger partial charge in [-0.25, -0.2) is 9.59 Å². The van der Waals surface area contributed by atoms with Crippen LogP contribution >= 0.6 is 0 Å². The van der Waals surface area contributed by atoms with E-state index in [2.05, 4.69) is 6.92 Å². The molecule has 1 saturated heterocycles. The number of esters is 2. The van der Waals surface area contributed by atoms with E-state index >= 15 is 0 Å². The Labute approximate surface area is 153 Å². The number of rotatable bonds is 6. The van der Waals surface area contributed by atoms with Crippen LogP contribution in [-0.4, -0.2) is 25.7 Å². The smallest absolute Gasteiger partial charge is 0.343 e. The van der Waals surface area contributed by atoms with Crippen molar-refractivity contribution in [2.24, 2.45) is 11.8 Å². The minimum atomic E-state index is -1.13. The average molecular weight is 356 g/mol. The highest BCUT2D eigenvalue weighted by molar-refractivity contribution is 5.96. The largest absolute Gasteiger partial charge is 0.467 e. The van der Waals surface area contributed by atoms with Crippen molar-refractivity contribution in [3.63, 3.8) is 0 Å². The summed E-state index contributed by atoms with van der Waals surface area (Å²) in [5, 5.41) is 0. The Morgan fingerprint density at radius 3 is 2.69 bits per heavy atom. The second-order valence-corrected chi connectivity index (χ2v) is 7.12. The summed E-state index contributed by atoms with van der Waals surface area (Å²) in [6, 6.07) is 7.78. The standard InChI is InChI=1S/C21H24O5/c1-4-6-9-13-15(19(22)25-5-2)16-17(13)21(20(23)24-3)14-11-8-7-10-12(14)18(16)26-21/h7-8,10-11,16-18H,4-6,9H2,1-3H3. The molecule has 5 nitrogen and oxygen atoms in total. The third kappa shape index (κ3) is 2.01. The lowest BCUT2D eigenvalue weighted by molar-refractivity contribution is -0.169. The number of methoxy groups -OCH3 is 1. The summed E-state index contributed by atoms with van der Waals surface area (Å²) in [6.45, 7) is 4.26. The van der Waals surface area contributed by atoms with Crippen molar-refractivity contribution < 1.29 is 23.8 Å². The van der Waals surface area contributed by atoms with E-state index in [1.807, 2.05) is 31.2 Å². The number of unbranched alkanes of at least 4 members (excludes halogenated alkanes) is 1. The molecule has 2 bridgehead atoms. The lowest BCUT2D eigenvalue weighted by Gasteiger charge is -2.45. The van der Waals surface area contributed by atoms with Crippen molar-refractivity contribution in [3.05, 3.63) is 46.5 Å². The van der Waals surface area contributed by atoms with Crippen molar-refractivity contribution in [2.75, 3.05) is 13.7 Å². The van der Waals surface area contributed by atoms with E-state index in [9.17, 15) is 9.59 Å². The summed E-state index contributed by atoms with van der Waals surface area (Å²) in [5.74, 6) is -0.916. The molecule has 4 atom stereocenters. The molecule has 0 saturated carbocycles. The molecule has 1 aliphatic carbocycles. The molecule has 5 heteroatoms. The summed E-state index contributed by atoms with van der Waals surface area (Å²) in [5.41, 5.74) is 2.47. The van der Waals surface area contributed by atoms with Gasteiger partial charge < -0.3 is 14.2 Å². The van der Waals surface area contributed by atoms with Gasteiger partial charge in [0.1, 0.15) is 0 Å². The number of ether oxygens (including phenoxy) is 3. The first-order valence-electron chi connectivity index (χ1n) is 9.37. The summed E-state index contributed by atoms with van der Waals surface area (Å²) in [7, 11) is 1.39. The van der Waals surface area contributed by atoms with Crippen molar-refractivity contribution in [3.8, 4) is 0 Å². The first kappa shape index (κ1) is 17.3. The van der Waals surface area contributed by atoms with Gasteiger partial charge in [-0.15, -0.1) is 0 Å². The minimum Gasteiger partial charge on any atom is -0.467 e. The first-order chi connectivity index (χ1) is 12.6. The fourth-order valence-corrected chi connectivity index (χ4v) is 4.98. The SMILES string of the molecule is CCCCC1=C(C(=O)OCC)C2C3OC(C(=O)OC)(c4ccccc43)C12. The van der Waals surface area contributed by atoms with Crippen molar-refractivity contribution >= 4 is 11.9 Å². The second-order valence-electron chi connectivity index (χ2n) is 7.12. The Morgan fingerprint density at radius 2 is 2.00 bits per heavy atom.